The van der Waals surface area contributed by atoms with Gasteiger partial charge < -0.3 is 15.5 Å². The van der Waals surface area contributed by atoms with E-state index < -0.39 is 12.1 Å². The van der Waals surface area contributed by atoms with Crippen LogP contribution in [0.5, 0.6) is 5.75 Å². The van der Waals surface area contributed by atoms with Gasteiger partial charge in [-0.25, -0.2) is 0 Å². The molecule has 1 aliphatic carbocycles. The molecule has 0 radical (unpaired) electrons. The topological polar surface area (TPSA) is 89.9 Å². The standard InChI is InChI=1S/C29H38N2O4S.CH4/c1-19-24(13-8-14-27(19)33)29(35)30-25(18-36-23-11-4-3-5-12-23)28(34)17-31-16-22-10-7-6-9-21(22)15-26(31)20(2)32;/h3-5,8,11-14,21-22,25-26,28,33-34H,6-7,9-10,15-18H2,1-2H3,(H,30,35);1H4/t21-,22+,25-,26-,28+;/m0./s1. The lowest BCUT2D eigenvalue weighted by atomic mass is 9.72. The number of likely N-dealkylation sites (tertiary alicyclic amines) is 1. The number of nitrogens with zero attached hydrogens (tertiary/aromatic N) is 1. The molecule has 202 valence electrons. The van der Waals surface area contributed by atoms with Crippen LogP contribution in [0.25, 0.3) is 0 Å². The first-order valence-corrected chi connectivity index (χ1v) is 14.0. The number of β-amino-alcohol motifs (C(OH)–C–C–N with tert-alkyl or cyclic N) is 1. The van der Waals surface area contributed by atoms with Gasteiger partial charge in [0.15, 0.2) is 0 Å². The third-order valence-corrected chi connectivity index (χ3v) is 9.03. The molecular weight excluding hydrogens is 484 g/mol. The number of hydrogen-bond donors (Lipinski definition) is 3. The van der Waals surface area contributed by atoms with Crippen LogP contribution in [0.15, 0.2) is 53.4 Å². The second-order valence-corrected chi connectivity index (χ2v) is 11.4. The summed E-state index contributed by atoms with van der Waals surface area (Å²) in [4.78, 5) is 29.0. The number of aliphatic hydroxyl groups excluding tert-OH is 1. The number of aliphatic hydroxyl groups is 1. The average Bonchev–Trinajstić information content (AvgIpc) is 2.88. The molecule has 7 heteroatoms. The smallest absolute Gasteiger partial charge is 0.252 e. The Kier molecular flexibility index (Phi) is 10.6. The van der Waals surface area contributed by atoms with Crippen molar-refractivity contribution in [1.82, 2.24) is 10.2 Å². The molecule has 2 aromatic carbocycles. The van der Waals surface area contributed by atoms with Crippen molar-refractivity contribution in [3.8, 4) is 5.75 Å². The second kappa shape index (κ2) is 13.4. The van der Waals surface area contributed by atoms with Gasteiger partial charge in [-0.2, -0.15) is 0 Å². The Morgan fingerprint density at radius 1 is 1.08 bits per heavy atom. The summed E-state index contributed by atoms with van der Waals surface area (Å²) < 4.78 is 0. The van der Waals surface area contributed by atoms with Crippen molar-refractivity contribution in [3.63, 3.8) is 0 Å². The van der Waals surface area contributed by atoms with Crippen LogP contribution in [0.4, 0.5) is 0 Å². The molecule has 0 spiro atoms. The van der Waals surface area contributed by atoms with Gasteiger partial charge in [-0.3, -0.25) is 14.5 Å². The third-order valence-electron chi connectivity index (χ3n) is 7.90. The number of phenolic OH excluding ortho intramolecular Hbond substituents is 1. The quantitative estimate of drug-likeness (QED) is 0.396. The first-order valence-electron chi connectivity index (χ1n) is 13.0. The monoisotopic (exact) mass is 526 g/mol. The minimum atomic E-state index is -0.843. The second-order valence-electron chi connectivity index (χ2n) is 10.3. The van der Waals surface area contributed by atoms with Crippen LogP contribution in [0.3, 0.4) is 0 Å². The van der Waals surface area contributed by atoms with E-state index in [1.165, 1.54) is 25.7 Å². The van der Waals surface area contributed by atoms with E-state index in [4.69, 9.17) is 0 Å². The summed E-state index contributed by atoms with van der Waals surface area (Å²) in [7, 11) is 0. The minimum absolute atomic E-state index is 0. The van der Waals surface area contributed by atoms with Crippen molar-refractivity contribution in [1.29, 1.82) is 0 Å². The highest BCUT2D eigenvalue weighted by molar-refractivity contribution is 7.99. The number of piperidine rings is 1. The molecule has 1 amide bonds. The van der Waals surface area contributed by atoms with Crippen molar-refractivity contribution in [3.05, 3.63) is 59.7 Å². The zero-order valence-electron chi connectivity index (χ0n) is 21.2. The maximum atomic E-state index is 13.2. The van der Waals surface area contributed by atoms with E-state index in [1.807, 2.05) is 30.3 Å². The van der Waals surface area contributed by atoms with Crippen LogP contribution in [-0.4, -0.2) is 63.8 Å². The van der Waals surface area contributed by atoms with E-state index in [-0.39, 0.29) is 30.9 Å². The van der Waals surface area contributed by atoms with Crippen LogP contribution in [0.1, 0.15) is 62.4 Å². The SMILES string of the molecule is C.CC(=O)[C@@H]1C[C@@H]2CCCC[C@@H]2CN1C[C@@H](O)[C@H](CSc1ccccc1)NC(=O)c1cccc(O)c1C. The highest BCUT2D eigenvalue weighted by Crippen LogP contribution is 2.39. The summed E-state index contributed by atoms with van der Waals surface area (Å²) in [6, 6.07) is 14.1. The molecule has 1 aliphatic heterocycles. The number of hydrogen-bond acceptors (Lipinski definition) is 6. The summed E-state index contributed by atoms with van der Waals surface area (Å²) >= 11 is 1.58. The number of benzene rings is 2. The molecule has 0 unspecified atom stereocenters. The summed E-state index contributed by atoms with van der Waals surface area (Å²) in [5.74, 6) is 1.55. The third kappa shape index (κ3) is 7.37. The van der Waals surface area contributed by atoms with Crippen molar-refractivity contribution in [2.45, 2.75) is 76.5 Å². The van der Waals surface area contributed by atoms with Gasteiger partial charge in [0.25, 0.3) is 5.91 Å². The van der Waals surface area contributed by atoms with Gasteiger partial charge in [0.2, 0.25) is 0 Å². The van der Waals surface area contributed by atoms with E-state index in [1.54, 1.807) is 43.8 Å². The molecule has 1 saturated heterocycles. The number of carbonyl (C=O) groups is 2. The van der Waals surface area contributed by atoms with Gasteiger partial charge in [-0.15, -0.1) is 11.8 Å². The van der Waals surface area contributed by atoms with Gasteiger partial charge in [0.1, 0.15) is 11.5 Å². The van der Waals surface area contributed by atoms with Gasteiger partial charge in [-0.1, -0.05) is 51.0 Å². The minimum Gasteiger partial charge on any atom is -0.508 e. The first-order chi connectivity index (χ1) is 17.3. The summed E-state index contributed by atoms with van der Waals surface area (Å²) in [6.07, 6.45) is 4.88. The Morgan fingerprint density at radius 3 is 2.49 bits per heavy atom. The number of aromatic hydroxyl groups is 1. The number of phenols is 1. The maximum absolute atomic E-state index is 13.2. The van der Waals surface area contributed by atoms with E-state index in [9.17, 15) is 19.8 Å². The van der Waals surface area contributed by atoms with Crippen LogP contribution in [-0.2, 0) is 4.79 Å². The summed E-state index contributed by atoms with van der Waals surface area (Å²) in [5.41, 5.74) is 0.900. The molecule has 2 fully saturated rings. The van der Waals surface area contributed by atoms with Crippen LogP contribution >= 0.6 is 11.8 Å². The molecule has 5 atom stereocenters. The van der Waals surface area contributed by atoms with Crippen LogP contribution < -0.4 is 5.32 Å². The number of nitrogens with one attached hydrogen (secondary N) is 1. The Labute approximate surface area is 225 Å². The Balaban J connectivity index is 0.00000380. The molecular formula is C30H42N2O4S. The number of amides is 1. The predicted octanol–water partition coefficient (Wildman–Crippen LogP) is 5.06. The zero-order chi connectivity index (χ0) is 25.7. The fraction of sp³-hybridized carbons (Fsp3) is 0.533. The van der Waals surface area contributed by atoms with Gasteiger partial charge in [0.05, 0.1) is 18.2 Å². The van der Waals surface area contributed by atoms with Crippen molar-refractivity contribution < 1.29 is 19.8 Å². The normalized spacial score (nSPS) is 23.3. The molecule has 2 aliphatic rings. The maximum Gasteiger partial charge on any atom is 0.252 e. The average molecular weight is 527 g/mol. The van der Waals surface area contributed by atoms with E-state index in [0.29, 0.717) is 35.3 Å². The predicted molar refractivity (Wildman–Crippen MR) is 150 cm³/mol. The first kappa shape index (κ1) is 29.2. The fourth-order valence-electron chi connectivity index (χ4n) is 5.76. The van der Waals surface area contributed by atoms with Gasteiger partial charge >= 0.3 is 0 Å². The number of ketones is 1. The van der Waals surface area contributed by atoms with E-state index in [2.05, 4.69) is 10.2 Å². The lowest BCUT2D eigenvalue weighted by molar-refractivity contribution is -0.126. The molecule has 3 N–H and O–H groups in total. The summed E-state index contributed by atoms with van der Waals surface area (Å²) in [6.45, 7) is 4.53. The highest BCUT2D eigenvalue weighted by atomic mass is 32.2. The lowest BCUT2D eigenvalue weighted by Gasteiger charge is -2.46. The molecule has 1 heterocycles. The fourth-order valence-corrected chi connectivity index (χ4v) is 6.79. The van der Waals surface area contributed by atoms with Crippen molar-refractivity contribution >= 4 is 23.5 Å². The van der Waals surface area contributed by atoms with Gasteiger partial charge in [0, 0.05) is 34.9 Å². The molecule has 37 heavy (non-hydrogen) atoms. The number of thioether (sulfide) groups is 1. The molecule has 4 rings (SSSR count). The molecule has 6 nitrogen and oxygen atoms in total. The van der Waals surface area contributed by atoms with Crippen LogP contribution in [0.2, 0.25) is 0 Å². The number of fused-ring (bicyclic) bond motifs is 1. The van der Waals surface area contributed by atoms with Gasteiger partial charge in [-0.05, 0) is 62.8 Å². The zero-order valence-corrected chi connectivity index (χ0v) is 22.0. The largest absolute Gasteiger partial charge is 0.508 e. The number of Topliss-reactive ketones (excluding diaryl/α,β-unsaturated/α-hetero) is 1. The van der Waals surface area contributed by atoms with Crippen molar-refractivity contribution in [2.75, 3.05) is 18.8 Å². The Morgan fingerprint density at radius 2 is 1.78 bits per heavy atom. The molecule has 0 bridgehead atoms. The van der Waals surface area contributed by atoms with Crippen molar-refractivity contribution in [2.24, 2.45) is 11.8 Å². The molecule has 0 aromatic heterocycles. The van der Waals surface area contributed by atoms with Crippen LogP contribution in [0, 0.1) is 18.8 Å². The van der Waals surface area contributed by atoms with E-state index in [0.717, 1.165) is 17.9 Å². The van der Waals surface area contributed by atoms with E-state index >= 15 is 0 Å². The Hall–Kier alpha value is -2.35. The molecule has 2 aromatic rings. The Bertz CT molecular complexity index is 1050. The molecule has 1 saturated carbocycles. The number of carbonyl (C=O) groups excluding carboxylic acids is 2. The summed E-state index contributed by atoms with van der Waals surface area (Å²) in [5, 5.41) is 24.5. The lowest BCUT2D eigenvalue weighted by Crippen LogP contribution is -2.56. The number of rotatable bonds is 9. The highest BCUT2D eigenvalue weighted by Gasteiger charge is 2.40.